The second-order valence-corrected chi connectivity index (χ2v) is 7.53. The Morgan fingerprint density at radius 3 is 2.22 bits per heavy atom. The van der Waals surface area contributed by atoms with Gasteiger partial charge in [-0.1, -0.05) is 0 Å². The minimum atomic E-state index is -0.461. The molecule has 0 aliphatic carbocycles. The Labute approximate surface area is 138 Å². The normalized spacial score (nSPS) is 29.8. The average molecular weight is 319 g/mol. The van der Waals surface area contributed by atoms with Gasteiger partial charge in [-0.15, -0.1) is 0 Å². The van der Waals surface area contributed by atoms with Gasteiger partial charge in [0.2, 0.25) is 5.95 Å². The Morgan fingerprint density at radius 1 is 1.09 bits per heavy atom. The lowest BCUT2D eigenvalue weighted by molar-refractivity contribution is -0.00571. The molecule has 6 nitrogen and oxygen atoms in total. The summed E-state index contributed by atoms with van der Waals surface area (Å²) < 4.78 is 17.9. The minimum Gasteiger partial charge on any atom is -0.398 e. The Hall–Kier alpha value is -1.18. The molecule has 1 aromatic rings. The first kappa shape index (κ1) is 16.7. The monoisotopic (exact) mass is 319 g/mol. The fourth-order valence-corrected chi connectivity index (χ4v) is 2.95. The summed E-state index contributed by atoms with van der Waals surface area (Å²) in [5.74, 6) is 0.708. The van der Waals surface area contributed by atoms with Crippen LogP contribution in [0.3, 0.4) is 0 Å². The van der Waals surface area contributed by atoms with Gasteiger partial charge in [0, 0.05) is 19.3 Å². The van der Waals surface area contributed by atoms with Crippen LogP contribution in [-0.4, -0.2) is 53.6 Å². The quantitative estimate of drug-likeness (QED) is 0.768. The molecule has 2 aliphatic rings. The molecule has 126 valence electrons. The topological polar surface area (TPSA) is 56.7 Å². The summed E-state index contributed by atoms with van der Waals surface area (Å²) in [5.41, 5.74) is 0.0238. The van der Waals surface area contributed by atoms with E-state index in [0.717, 1.165) is 18.7 Å². The Balaban J connectivity index is 1.81. The molecule has 2 aliphatic heterocycles. The third-order valence-electron chi connectivity index (χ3n) is 4.86. The Morgan fingerprint density at radius 2 is 1.65 bits per heavy atom. The molecule has 3 rings (SSSR count). The number of hydrogen-bond donors (Lipinski definition) is 0. The van der Waals surface area contributed by atoms with Crippen LogP contribution >= 0.6 is 0 Å². The van der Waals surface area contributed by atoms with Crippen LogP contribution in [0.2, 0.25) is 0 Å². The fraction of sp³-hybridized carbons (Fsp3) is 0.750. The Kier molecular flexibility index (Phi) is 4.15. The first-order chi connectivity index (χ1) is 10.7. The van der Waals surface area contributed by atoms with Gasteiger partial charge in [-0.2, -0.15) is 0 Å². The summed E-state index contributed by atoms with van der Waals surface area (Å²) >= 11 is 0. The van der Waals surface area contributed by atoms with Crippen LogP contribution in [0, 0.1) is 0 Å². The number of aromatic nitrogens is 2. The molecular formula is C16H26BN3O3. The van der Waals surface area contributed by atoms with Gasteiger partial charge < -0.3 is 18.9 Å². The SMILES string of the molecule is CC1CN(c2nccc(B3OC(C)(C)C(C)(C)O3)n2)CC(C)O1. The van der Waals surface area contributed by atoms with E-state index in [9.17, 15) is 0 Å². The number of hydrogen-bond acceptors (Lipinski definition) is 6. The zero-order valence-corrected chi connectivity index (χ0v) is 14.9. The number of nitrogens with zero attached hydrogens (tertiary/aromatic N) is 3. The van der Waals surface area contributed by atoms with E-state index in [4.69, 9.17) is 14.0 Å². The van der Waals surface area contributed by atoms with Crippen molar-refractivity contribution in [1.29, 1.82) is 0 Å². The first-order valence-corrected chi connectivity index (χ1v) is 8.27. The summed E-state index contributed by atoms with van der Waals surface area (Å²) in [6, 6.07) is 1.86. The van der Waals surface area contributed by atoms with Crippen molar-refractivity contribution in [3.8, 4) is 0 Å². The van der Waals surface area contributed by atoms with E-state index >= 15 is 0 Å². The lowest BCUT2D eigenvalue weighted by atomic mass is 9.84. The smallest absolute Gasteiger partial charge is 0.398 e. The van der Waals surface area contributed by atoms with Gasteiger partial charge in [0.05, 0.1) is 29.0 Å². The number of anilines is 1. The molecule has 0 spiro atoms. The van der Waals surface area contributed by atoms with E-state index < -0.39 is 7.12 Å². The third-order valence-corrected chi connectivity index (χ3v) is 4.86. The average Bonchev–Trinajstić information content (AvgIpc) is 2.67. The Bertz CT molecular complexity index is 555. The summed E-state index contributed by atoms with van der Waals surface area (Å²) in [5, 5.41) is 0. The van der Waals surface area contributed by atoms with Crippen molar-refractivity contribution in [2.24, 2.45) is 0 Å². The molecule has 0 saturated carbocycles. The fourth-order valence-electron chi connectivity index (χ4n) is 2.95. The maximum absolute atomic E-state index is 6.08. The zero-order chi connectivity index (χ0) is 16.8. The molecule has 23 heavy (non-hydrogen) atoms. The molecule has 0 bridgehead atoms. The highest BCUT2D eigenvalue weighted by Crippen LogP contribution is 2.36. The van der Waals surface area contributed by atoms with Crippen LogP contribution in [0.5, 0.6) is 0 Å². The van der Waals surface area contributed by atoms with E-state index in [1.807, 2.05) is 33.8 Å². The molecule has 0 N–H and O–H groups in total. The molecule has 0 amide bonds. The van der Waals surface area contributed by atoms with E-state index in [1.165, 1.54) is 0 Å². The van der Waals surface area contributed by atoms with Crippen molar-refractivity contribution >= 4 is 18.7 Å². The van der Waals surface area contributed by atoms with E-state index in [2.05, 4.69) is 28.7 Å². The lowest BCUT2D eigenvalue weighted by Crippen LogP contribution is -2.47. The van der Waals surface area contributed by atoms with Crippen LogP contribution in [0.1, 0.15) is 41.5 Å². The third kappa shape index (κ3) is 3.23. The molecule has 0 aromatic carbocycles. The largest absolute Gasteiger partial charge is 0.514 e. The highest BCUT2D eigenvalue weighted by molar-refractivity contribution is 6.61. The number of rotatable bonds is 2. The van der Waals surface area contributed by atoms with Crippen molar-refractivity contribution < 1.29 is 14.0 Å². The van der Waals surface area contributed by atoms with Gasteiger partial charge in [0.1, 0.15) is 0 Å². The summed E-state index contributed by atoms with van der Waals surface area (Å²) in [6.07, 6.45) is 2.11. The van der Waals surface area contributed by atoms with Gasteiger partial charge in [0.25, 0.3) is 0 Å². The van der Waals surface area contributed by atoms with Gasteiger partial charge in [-0.3, -0.25) is 0 Å². The van der Waals surface area contributed by atoms with Gasteiger partial charge in [-0.25, -0.2) is 9.97 Å². The predicted octanol–water partition coefficient (Wildman–Crippen LogP) is 1.39. The summed E-state index contributed by atoms with van der Waals surface area (Å²) in [6.45, 7) is 13.9. The molecule has 2 saturated heterocycles. The van der Waals surface area contributed by atoms with Crippen LogP contribution in [-0.2, 0) is 14.0 Å². The molecule has 2 unspecified atom stereocenters. The molecule has 1 aromatic heterocycles. The predicted molar refractivity (Wildman–Crippen MR) is 90.0 cm³/mol. The highest BCUT2D eigenvalue weighted by Gasteiger charge is 2.52. The van der Waals surface area contributed by atoms with Gasteiger partial charge in [-0.05, 0) is 47.6 Å². The van der Waals surface area contributed by atoms with Crippen LogP contribution < -0.4 is 10.5 Å². The number of ether oxygens (including phenoxy) is 1. The molecular weight excluding hydrogens is 293 g/mol. The van der Waals surface area contributed by atoms with E-state index in [1.54, 1.807) is 6.20 Å². The van der Waals surface area contributed by atoms with E-state index in [0.29, 0.717) is 5.95 Å². The van der Waals surface area contributed by atoms with Gasteiger partial charge >= 0.3 is 7.12 Å². The van der Waals surface area contributed by atoms with Gasteiger partial charge in [0.15, 0.2) is 0 Å². The molecule has 0 radical (unpaired) electrons. The maximum Gasteiger partial charge on any atom is 0.514 e. The van der Waals surface area contributed by atoms with Crippen LogP contribution in [0.15, 0.2) is 12.3 Å². The maximum atomic E-state index is 6.08. The lowest BCUT2D eigenvalue weighted by Gasteiger charge is -2.35. The number of morpholine rings is 1. The standard InChI is InChI=1S/C16H26BN3O3/c1-11-9-20(10-12(2)21-11)14-18-8-7-13(19-14)17-22-15(3,4)16(5,6)23-17/h7-8,11-12H,9-10H2,1-6H3. The van der Waals surface area contributed by atoms with Crippen molar-refractivity contribution in [1.82, 2.24) is 9.97 Å². The summed E-state index contributed by atoms with van der Waals surface area (Å²) in [4.78, 5) is 11.3. The highest BCUT2D eigenvalue weighted by atomic mass is 16.7. The van der Waals surface area contributed by atoms with Crippen molar-refractivity contribution in [2.45, 2.75) is 65.0 Å². The molecule has 7 heteroatoms. The summed E-state index contributed by atoms with van der Waals surface area (Å²) in [7, 11) is -0.461. The first-order valence-electron chi connectivity index (χ1n) is 8.27. The van der Waals surface area contributed by atoms with E-state index in [-0.39, 0.29) is 23.4 Å². The molecule has 3 heterocycles. The van der Waals surface area contributed by atoms with Crippen LogP contribution in [0.4, 0.5) is 5.95 Å². The van der Waals surface area contributed by atoms with Crippen LogP contribution in [0.25, 0.3) is 0 Å². The molecule has 2 fully saturated rings. The molecule has 2 atom stereocenters. The zero-order valence-electron chi connectivity index (χ0n) is 14.9. The van der Waals surface area contributed by atoms with Crippen molar-refractivity contribution in [3.63, 3.8) is 0 Å². The minimum absolute atomic E-state index is 0.169. The second kappa shape index (κ2) is 5.72. The second-order valence-electron chi connectivity index (χ2n) is 7.53. The van der Waals surface area contributed by atoms with Crippen molar-refractivity contribution in [2.75, 3.05) is 18.0 Å². The van der Waals surface area contributed by atoms with Crippen molar-refractivity contribution in [3.05, 3.63) is 12.3 Å².